The Morgan fingerprint density at radius 1 is 1.12 bits per heavy atom. The number of nitrogens with one attached hydrogen (secondary N) is 3. The lowest BCUT2D eigenvalue weighted by Crippen LogP contribution is -2.35. The van der Waals surface area contributed by atoms with E-state index in [0.717, 1.165) is 16.8 Å². The van der Waals surface area contributed by atoms with E-state index in [-0.39, 0.29) is 29.5 Å². The first-order valence-electron chi connectivity index (χ1n) is 12.9. The van der Waals surface area contributed by atoms with E-state index in [4.69, 9.17) is 11.6 Å². The number of nitrogens with zero attached hydrogens (tertiary/aromatic N) is 4. The van der Waals surface area contributed by atoms with Crippen molar-refractivity contribution in [3.8, 4) is 11.3 Å². The number of carbonyl (C=O) groups excluding carboxylic acids is 2. The third-order valence-corrected chi connectivity index (χ3v) is 7.46. The van der Waals surface area contributed by atoms with Crippen LogP contribution in [0.1, 0.15) is 30.7 Å². The van der Waals surface area contributed by atoms with Crippen molar-refractivity contribution >= 4 is 40.7 Å². The third-order valence-electron chi connectivity index (χ3n) is 7.19. The molecular weight excluding hydrogens is 530 g/mol. The zero-order chi connectivity index (χ0) is 28.0. The standard InChI is InChI=1S/C29H26ClN7O3/c1-16(2)33-26-27(39)37(23(24(30)35-26)17-7-4-3-5-8-17)15-22(38)34-19-11-18-12-29(13-21(18)32-14-19)20-9-6-10-31-25(20)36-28(29)40/h3-11,14,16H,12-13,15H2,1-2H3,(H,33,35)(H,34,38)(H,31,36,40). The van der Waals surface area contributed by atoms with Crippen LogP contribution in [0.5, 0.6) is 0 Å². The van der Waals surface area contributed by atoms with Gasteiger partial charge in [0.15, 0.2) is 11.0 Å². The van der Waals surface area contributed by atoms with Crippen molar-refractivity contribution in [2.45, 2.75) is 44.7 Å². The van der Waals surface area contributed by atoms with Gasteiger partial charge in [-0.05, 0) is 38.0 Å². The Kier molecular flexibility index (Phi) is 6.34. The molecular formula is C29H26ClN7O3. The van der Waals surface area contributed by atoms with Gasteiger partial charge in [0.1, 0.15) is 12.4 Å². The first-order chi connectivity index (χ1) is 19.2. The molecule has 0 fully saturated rings. The van der Waals surface area contributed by atoms with E-state index >= 15 is 0 Å². The van der Waals surface area contributed by atoms with Gasteiger partial charge >= 0.3 is 0 Å². The molecule has 40 heavy (non-hydrogen) atoms. The average Bonchev–Trinajstić information content (AvgIpc) is 3.44. The summed E-state index contributed by atoms with van der Waals surface area (Å²) in [6, 6.07) is 14.6. The lowest BCUT2D eigenvalue weighted by atomic mass is 9.80. The van der Waals surface area contributed by atoms with Gasteiger partial charge in [-0.3, -0.25) is 23.9 Å². The molecule has 202 valence electrons. The van der Waals surface area contributed by atoms with Crippen molar-refractivity contribution in [1.82, 2.24) is 19.5 Å². The highest BCUT2D eigenvalue weighted by molar-refractivity contribution is 6.32. The summed E-state index contributed by atoms with van der Waals surface area (Å²) < 4.78 is 1.33. The normalized spacial score (nSPS) is 17.1. The van der Waals surface area contributed by atoms with Gasteiger partial charge in [0.25, 0.3) is 5.56 Å². The second-order valence-corrected chi connectivity index (χ2v) is 10.7. The number of pyridine rings is 2. The average molecular weight is 556 g/mol. The third kappa shape index (κ3) is 4.40. The van der Waals surface area contributed by atoms with Gasteiger partial charge in [-0.25, -0.2) is 9.97 Å². The summed E-state index contributed by atoms with van der Waals surface area (Å²) in [6.07, 6.45) is 4.13. The summed E-state index contributed by atoms with van der Waals surface area (Å²) in [7, 11) is 0. The molecule has 0 saturated heterocycles. The van der Waals surface area contributed by atoms with E-state index in [9.17, 15) is 14.4 Å². The molecule has 2 amide bonds. The van der Waals surface area contributed by atoms with Crippen LogP contribution in [0.15, 0.2) is 65.7 Å². The second kappa shape index (κ2) is 9.87. The van der Waals surface area contributed by atoms with Gasteiger partial charge < -0.3 is 16.0 Å². The summed E-state index contributed by atoms with van der Waals surface area (Å²) in [5, 5.41) is 8.86. The van der Waals surface area contributed by atoms with Gasteiger partial charge in [0, 0.05) is 35.5 Å². The van der Waals surface area contributed by atoms with Crippen LogP contribution in [-0.4, -0.2) is 37.4 Å². The number of carbonyl (C=O) groups is 2. The fourth-order valence-corrected chi connectivity index (χ4v) is 5.75. The highest BCUT2D eigenvalue weighted by atomic mass is 35.5. The Morgan fingerprint density at radius 2 is 1.93 bits per heavy atom. The minimum atomic E-state index is -0.757. The molecule has 1 spiro atoms. The topological polar surface area (TPSA) is 131 Å². The highest BCUT2D eigenvalue weighted by Crippen LogP contribution is 2.46. The number of anilines is 3. The van der Waals surface area contributed by atoms with E-state index in [2.05, 4.69) is 30.9 Å². The zero-order valence-electron chi connectivity index (χ0n) is 21.9. The van der Waals surface area contributed by atoms with Crippen molar-refractivity contribution in [3.63, 3.8) is 0 Å². The van der Waals surface area contributed by atoms with E-state index in [1.807, 2.05) is 50.2 Å². The fourth-order valence-electron chi connectivity index (χ4n) is 5.46. The number of hydrogen-bond donors (Lipinski definition) is 3. The molecule has 10 nitrogen and oxygen atoms in total. The predicted molar refractivity (Wildman–Crippen MR) is 153 cm³/mol. The van der Waals surface area contributed by atoms with Crippen molar-refractivity contribution in [3.05, 3.63) is 93.3 Å². The van der Waals surface area contributed by atoms with E-state index < -0.39 is 16.9 Å². The van der Waals surface area contributed by atoms with Crippen molar-refractivity contribution in [2.24, 2.45) is 0 Å². The molecule has 1 atom stereocenters. The molecule has 1 unspecified atom stereocenters. The Hall–Kier alpha value is -4.57. The first-order valence-corrected chi connectivity index (χ1v) is 13.3. The summed E-state index contributed by atoms with van der Waals surface area (Å²) in [5.74, 6) is 0.120. The maximum absolute atomic E-state index is 13.4. The Bertz CT molecular complexity index is 1720. The maximum atomic E-state index is 13.4. The molecule has 4 aromatic rings. The fraction of sp³-hybridized carbons (Fsp3) is 0.241. The number of hydrogen-bond acceptors (Lipinski definition) is 7. The van der Waals surface area contributed by atoms with Gasteiger partial charge in [-0.1, -0.05) is 48.0 Å². The van der Waals surface area contributed by atoms with Crippen LogP contribution < -0.4 is 21.5 Å². The van der Waals surface area contributed by atoms with Gasteiger partial charge in [0.05, 0.1) is 23.0 Å². The number of halogens is 1. The smallest absolute Gasteiger partial charge is 0.294 e. The Labute approximate surface area is 234 Å². The molecule has 3 N–H and O–H groups in total. The number of amides is 2. The van der Waals surface area contributed by atoms with Crippen LogP contribution in [0.4, 0.5) is 17.3 Å². The van der Waals surface area contributed by atoms with Gasteiger partial charge in [-0.2, -0.15) is 0 Å². The summed E-state index contributed by atoms with van der Waals surface area (Å²) >= 11 is 6.55. The van der Waals surface area contributed by atoms with Crippen LogP contribution in [0.3, 0.4) is 0 Å². The zero-order valence-corrected chi connectivity index (χ0v) is 22.6. The first kappa shape index (κ1) is 25.7. The molecule has 0 saturated carbocycles. The van der Waals surface area contributed by atoms with Crippen LogP contribution in [0, 0.1) is 0 Å². The minimum Gasteiger partial charge on any atom is -0.363 e. The minimum absolute atomic E-state index is 0.0633. The molecule has 0 radical (unpaired) electrons. The number of fused-ring (bicyclic) bond motifs is 3. The molecule has 1 aliphatic heterocycles. The van der Waals surface area contributed by atoms with E-state index in [1.54, 1.807) is 24.5 Å². The van der Waals surface area contributed by atoms with E-state index in [0.29, 0.717) is 35.6 Å². The lowest BCUT2D eigenvalue weighted by molar-refractivity contribution is -0.120. The van der Waals surface area contributed by atoms with E-state index in [1.165, 1.54) is 4.57 Å². The Morgan fingerprint density at radius 3 is 2.70 bits per heavy atom. The largest absolute Gasteiger partial charge is 0.363 e. The monoisotopic (exact) mass is 555 g/mol. The molecule has 1 aromatic carbocycles. The quantitative estimate of drug-likeness (QED) is 0.330. The maximum Gasteiger partial charge on any atom is 0.294 e. The highest BCUT2D eigenvalue weighted by Gasteiger charge is 2.51. The number of rotatable bonds is 6. The molecule has 6 rings (SSSR count). The lowest BCUT2D eigenvalue weighted by Gasteiger charge is -2.19. The van der Waals surface area contributed by atoms with Gasteiger partial charge in [0.2, 0.25) is 11.8 Å². The van der Waals surface area contributed by atoms with Crippen LogP contribution in [-0.2, 0) is 34.4 Å². The summed E-state index contributed by atoms with van der Waals surface area (Å²) in [5.41, 5.74) is 2.81. The predicted octanol–water partition coefficient (Wildman–Crippen LogP) is 3.80. The Balaban J connectivity index is 1.28. The van der Waals surface area contributed by atoms with Crippen LogP contribution in [0.2, 0.25) is 5.15 Å². The molecule has 2 aliphatic rings. The molecule has 11 heteroatoms. The SMILES string of the molecule is CC(C)Nc1nc(Cl)c(-c2ccccc2)n(CC(=O)Nc2cnc3c(c2)CC2(C3)C(=O)Nc3ncccc32)c1=O. The van der Waals surface area contributed by atoms with Crippen LogP contribution >= 0.6 is 11.6 Å². The van der Waals surface area contributed by atoms with Crippen molar-refractivity contribution < 1.29 is 9.59 Å². The summed E-state index contributed by atoms with van der Waals surface area (Å²) in [6.45, 7) is 3.47. The summed E-state index contributed by atoms with van der Waals surface area (Å²) in [4.78, 5) is 52.8. The molecule has 1 aliphatic carbocycles. The molecule has 0 bridgehead atoms. The second-order valence-electron chi connectivity index (χ2n) is 10.3. The van der Waals surface area contributed by atoms with Crippen LogP contribution in [0.25, 0.3) is 11.3 Å². The van der Waals surface area contributed by atoms with Crippen molar-refractivity contribution in [1.29, 1.82) is 0 Å². The molecule has 3 aromatic heterocycles. The number of aromatic nitrogens is 4. The molecule has 4 heterocycles. The van der Waals surface area contributed by atoms with Crippen molar-refractivity contribution in [2.75, 3.05) is 16.0 Å². The number of benzene rings is 1. The van der Waals surface area contributed by atoms with Gasteiger partial charge in [-0.15, -0.1) is 0 Å².